The number of nitrogens with zero attached hydrogens (tertiary/aromatic N) is 3. The van der Waals surface area contributed by atoms with Gasteiger partial charge in [0.2, 0.25) is 11.8 Å². The molecule has 5 rings (SSSR count). The predicted molar refractivity (Wildman–Crippen MR) is 154 cm³/mol. The lowest BCUT2D eigenvalue weighted by Gasteiger charge is -2.37. The highest BCUT2D eigenvalue weighted by Crippen LogP contribution is 2.29. The second kappa shape index (κ2) is 11.4. The number of carbonyl (C=O) groups is 3. The molecule has 2 saturated heterocycles. The molecule has 3 aromatic rings. The van der Waals surface area contributed by atoms with Crippen LogP contribution in [0.5, 0.6) is 5.75 Å². The van der Waals surface area contributed by atoms with Crippen molar-refractivity contribution in [1.29, 1.82) is 0 Å². The number of piperidine rings is 1. The number of nitrogens with one attached hydrogen (secondary N) is 2. The first-order valence-electron chi connectivity index (χ1n) is 14.0. The summed E-state index contributed by atoms with van der Waals surface area (Å²) < 4.78 is 14.7. The van der Waals surface area contributed by atoms with Crippen LogP contribution in [0.1, 0.15) is 46.1 Å². The summed E-state index contributed by atoms with van der Waals surface area (Å²) in [5.74, 6) is -0.0760. The number of imidazole rings is 1. The zero-order chi connectivity index (χ0) is 29.3. The maximum absolute atomic E-state index is 13.1. The standard InChI is InChI=1S/C30H37N5O6/c1-30(2,3)41-29(39)34-14-13-31-18-21(34)12-15-40-22-7-5-6-19(16-22)20-8-9-23-25(17-20)33(4)28(38)35(23)24-10-11-26(36)32-27(24)37/h5-9,16-17,21,24,31H,10-15,18H2,1-4H3,(H,32,36,37). The predicted octanol–water partition coefficient (Wildman–Crippen LogP) is 2.96. The molecule has 2 aliphatic rings. The molecule has 0 saturated carbocycles. The quantitative estimate of drug-likeness (QED) is 0.442. The van der Waals surface area contributed by atoms with Gasteiger partial charge in [0.15, 0.2) is 0 Å². The zero-order valence-corrected chi connectivity index (χ0v) is 23.9. The minimum atomic E-state index is -0.725. The molecule has 218 valence electrons. The molecule has 1 aromatic heterocycles. The minimum absolute atomic E-state index is 0.0288. The van der Waals surface area contributed by atoms with E-state index in [0.29, 0.717) is 42.9 Å². The van der Waals surface area contributed by atoms with Crippen molar-refractivity contribution in [3.05, 3.63) is 52.9 Å². The van der Waals surface area contributed by atoms with E-state index in [1.807, 2.05) is 63.2 Å². The monoisotopic (exact) mass is 563 g/mol. The molecule has 0 aliphatic carbocycles. The number of carbonyl (C=O) groups excluding carboxylic acids is 3. The minimum Gasteiger partial charge on any atom is -0.493 e. The summed E-state index contributed by atoms with van der Waals surface area (Å²) in [6.07, 6.45) is 0.832. The van der Waals surface area contributed by atoms with E-state index in [4.69, 9.17) is 9.47 Å². The van der Waals surface area contributed by atoms with Crippen LogP contribution in [0.2, 0.25) is 0 Å². The maximum atomic E-state index is 13.1. The first kappa shape index (κ1) is 28.4. The van der Waals surface area contributed by atoms with Gasteiger partial charge in [-0.15, -0.1) is 0 Å². The lowest BCUT2D eigenvalue weighted by atomic mass is 10.0. The van der Waals surface area contributed by atoms with E-state index < -0.39 is 17.6 Å². The van der Waals surface area contributed by atoms with Crippen molar-refractivity contribution in [2.75, 3.05) is 26.2 Å². The van der Waals surface area contributed by atoms with Crippen molar-refractivity contribution in [2.24, 2.45) is 7.05 Å². The molecule has 2 atom stereocenters. The van der Waals surface area contributed by atoms with Gasteiger partial charge < -0.3 is 19.7 Å². The summed E-state index contributed by atoms with van der Waals surface area (Å²) >= 11 is 0. The fourth-order valence-corrected chi connectivity index (χ4v) is 5.43. The molecule has 11 heteroatoms. The van der Waals surface area contributed by atoms with Crippen LogP contribution in [-0.4, -0.2) is 69.8 Å². The smallest absolute Gasteiger partial charge is 0.410 e. The van der Waals surface area contributed by atoms with E-state index in [9.17, 15) is 19.2 Å². The SMILES string of the molecule is Cn1c(=O)n(C2CCC(=O)NC2=O)c2ccc(-c3cccc(OCCC4CNCCN4C(=O)OC(C)(C)C)c3)cc21. The maximum Gasteiger partial charge on any atom is 0.410 e. The molecule has 2 unspecified atom stereocenters. The van der Waals surface area contributed by atoms with Crippen LogP contribution in [0.25, 0.3) is 22.2 Å². The Kier molecular flexibility index (Phi) is 7.90. The van der Waals surface area contributed by atoms with E-state index in [2.05, 4.69) is 10.6 Å². The third-order valence-corrected chi connectivity index (χ3v) is 7.48. The lowest BCUT2D eigenvalue weighted by Crippen LogP contribution is -2.55. The van der Waals surface area contributed by atoms with Gasteiger partial charge in [-0.2, -0.15) is 0 Å². The van der Waals surface area contributed by atoms with Gasteiger partial charge in [-0.1, -0.05) is 18.2 Å². The number of ether oxygens (including phenoxy) is 2. The number of fused-ring (bicyclic) bond motifs is 1. The fourth-order valence-electron chi connectivity index (χ4n) is 5.43. The summed E-state index contributed by atoms with van der Waals surface area (Å²) in [5.41, 5.74) is 2.29. The van der Waals surface area contributed by atoms with Gasteiger partial charge in [0.25, 0.3) is 0 Å². The number of rotatable bonds is 6. The molecule has 2 aliphatic heterocycles. The van der Waals surface area contributed by atoms with Crippen molar-refractivity contribution in [3.8, 4) is 16.9 Å². The van der Waals surface area contributed by atoms with Gasteiger partial charge in [0, 0.05) is 39.5 Å². The molecule has 3 heterocycles. The number of hydrogen-bond acceptors (Lipinski definition) is 7. The number of aromatic nitrogens is 2. The van der Waals surface area contributed by atoms with Crippen molar-refractivity contribution in [1.82, 2.24) is 24.7 Å². The van der Waals surface area contributed by atoms with Crippen LogP contribution in [-0.2, 0) is 21.4 Å². The topological polar surface area (TPSA) is 124 Å². The van der Waals surface area contributed by atoms with E-state index in [-0.39, 0.29) is 36.6 Å². The van der Waals surface area contributed by atoms with Crippen molar-refractivity contribution in [2.45, 2.75) is 57.7 Å². The molecule has 0 spiro atoms. The highest BCUT2D eigenvalue weighted by molar-refractivity contribution is 6.00. The Morgan fingerprint density at radius 2 is 1.83 bits per heavy atom. The molecule has 3 amide bonds. The Bertz CT molecular complexity index is 1530. The average molecular weight is 564 g/mol. The van der Waals surface area contributed by atoms with Gasteiger partial charge >= 0.3 is 11.8 Å². The number of hydrogen-bond donors (Lipinski definition) is 2. The zero-order valence-electron chi connectivity index (χ0n) is 23.9. The van der Waals surface area contributed by atoms with Gasteiger partial charge in [0.1, 0.15) is 17.4 Å². The largest absolute Gasteiger partial charge is 0.493 e. The Labute approximate surface area is 238 Å². The molecule has 2 fully saturated rings. The molecule has 2 N–H and O–H groups in total. The van der Waals surface area contributed by atoms with Gasteiger partial charge in [-0.25, -0.2) is 9.59 Å². The summed E-state index contributed by atoms with van der Waals surface area (Å²) in [4.78, 5) is 51.7. The third kappa shape index (κ3) is 6.14. The number of piperazine rings is 1. The van der Waals surface area contributed by atoms with E-state index >= 15 is 0 Å². The fraction of sp³-hybridized carbons (Fsp3) is 0.467. The summed E-state index contributed by atoms with van der Waals surface area (Å²) in [5, 5.41) is 5.68. The number of imide groups is 1. The highest BCUT2D eigenvalue weighted by Gasteiger charge is 2.32. The van der Waals surface area contributed by atoms with Crippen LogP contribution >= 0.6 is 0 Å². The molecule has 2 aromatic carbocycles. The second-order valence-electron chi connectivity index (χ2n) is 11.6. The van der Waals surface area contributed by atoms with Gasteiger partial charge in [-0.3, -0.25) is 24.0 Å². The number of amides is 3. The molecule has 11 nitrogen and oxygen atoms in total. The van der Waals surface area contributed by atoms with Crippen LogP contribution in [0.3, 0.4) is 0 Å². The average Bonchev–Trinajstić information content (AvgIpc) is 3.17. The van der Waals surface area contributed by atoms with E-state index in [0.717, 1.165) is 17.7 Å². The molecular weight excluding hydrogens is 526 g/mol. The van der Waals surface area contributed by atoms with E-state index in [1.165, 1.54) is 9.13 Å². The highest BCUT2D eigenvalue weighted by atomic mass is 16.6. The molecular formula is C30H37N5O6. The van der Waals surface area contributed by atoms with Crippen molar-refractivity contribution >= 4 is 28.9 Å². The Morgan fingerprint density at radius 3 is 2.59 bits per heavy atom. The molecule has 0 radical (unpaired) electrons. The summed E-state index contributed by atoms with van der Waals surface area (Å²) in [6.45, 7) is 8.02. The first-order valence-corrected chi connectivity index (χ1v) is 14.0. The molecule has 41 heavy (non-hydrogen) atoms. The lowest BCUT2D eigenvalue weighted by molar-refractivity contribution is -0.135. The Balaban J connectivity index is 1.30. The summed E-state index contributed by atoms with van der Waals surface area (Å²) in [6, 6.07) is 12.6. The van der Waals surface area contributed by atoms with Crippen LogP contribution in [0.4, 0.5) is 4.79 Å². The van der Waals surface area contributed by atoms with Crippen LogP contribution < -0.4 is 21.1 Å². The van der Waals surface area contributed by atoms with Crippen molar-refractivity contribution in [3.63, 3.8) is 0 Å². The van der Waals surface area contributed by atoms with Gasteiger partial charge in [0.05, 0.1) is 23.7 Å². The molecule has 0 bridgehead atoms. The van der Waals surface area contributed by atoms with Crippen LogP contribution in [0, 0.1) is 0 Å². The van der Waals surface area contributed by atoms with Gasteiger partial charge in [-0.05, 0) is 62.6 Å². The normalized spacial score (nSPS) is 19.8. The van der Waals surface area contributed by atoms with Crippen molar-refractivity contribution < 1.29 is 23.9 Å². The Hall–Kier alpha value is -4.12. The summed E-state index contributed by atoms with van der Waals surface area (Å²) in [7, 11) is 1.68. The Morgan fingerprint density at radius 1 is 1.05 bits per heavy atom. The number of aryl methyl sites for hydroxylation is 1. The van der Waals surface area contributed by atoms with Crippen LogP contribution in [0.15, 0.2) is 47.3 Å². The first-order chi connectivity index (χ1) is 19.5. The van der Waals surface area contributed by atoms with E-state index in [1.54, 1.807) is 11.9 Å². The third-order valence-electron chi connectivity index (χ3n) is 7.48. The second-order valence-corrected chi connectivity index (χ2v) is 11.6. The number of benzene rings is 2.